The Morgan fingerprint density at radius 2 is 2.00 bits per heavy atom. The number of rotatable bonds is 8. The van der Waals surface area contributed by atoms with E-state index < -0.39 is 5.97 Å². The lowest BCUT2D eigenvalue weighted by Gasteiger charge is -2.12. The molecule has 0 aromatic heterocycles. The number of unbranched alkanes of at least 4 members (excludes halogenated alkanes) is 1. The second-order valence-electron chi connectivity index (χ2n) is 5.21. The summed E-state index contributed by atoms with van der Waals surface area (Å²) in [5.41, 5.74) is 2.74. The van der Waals surface area contributed by atoms with Crippen molar-refractivity contribution in [3.05, 3.63) is 41.5 Å². The molecule has 0 aliphatic heterocycles. The third-order valence-electron chi connectivity index (χ3n) is 3.57. The van der Waals surface area contributed by atoms with E-state index in [1.165, 1.54) is 0 Å². The van der Waals surface area contributed by atoms with Gasteiger partial charge in [-0.1, -0.05) is 39.2 Å². The molecular weight excluding hydrogens is 252 g/mol. The van der Waals surface area contributed by atoms with Crippen molar-refractivity contribution in [3.63, 3.8) is 0 Å². The quantitative estimate of drug-likeness (QED) is 0.507. The lowest BCUT2D eigenvalue weighted by atomic mass is 10.0. The van der Waals surface area contributed by atoms with Gasteiger partial charge in [0.1, 0.15) is 6.61 Å². The fourth-order valence-electron chi connectivity index (χ4n) is 1.90. The molecule has 1 rings (SSSR count). The predicted molar refractivity (Wildman–Crippen MR) is 80.0 cm³/mol. The van der Waals surface area contributed by atoms with Crippen molar-refractivity contribution in [1.29, 1.82) is 0 Å². The molecule has 0 heterocycles. The fraction of sp³-hybridized carbons (Fsp3) is 0.529. The monoisotopic (exact) mass is 277 g/mol. The molecule has 0 aliphatic rings. The lowest BCUT2D eigenvalue weighted by Crippen LogP contribution is -2.09. The molecule has 0 aliphatic carbocycles. The number of carbonyl (C=O) groups excluding carboxylic acids is 1. The van der Waals surface area contributed by atoms with Crippen LogP contribution < -0.4 is 0 Å². The zero-order valence-electron chi connectivity index (χ0n) is 12.9. The fourth-order valence-corrected chi connectivity index (χ4v) is 1.90. The smallest absolute Gasteiger partial charge is 0.292 e. The predicted octanol–water partition coefficient (Wildman–Crippen LogP) is 4.77. The van der Waals surface area contributed by atoms with Gasteiger partial charge in [-0.25, -0.2) is 4.79 Å². The molecule has 1 unspecified atom stereocenters. The van der Waals surface area contributed by atoms with Crippen LogP contribution in [0.15, 0.2) is 18.2 Å². The van der Waals surface area contributed by atoms with E-state index in [2.05, 4.69) is 13.8 Å². The molecule has 1 radical (unpaired) electrons. The van der Waals surface area contributed by atoms with Crippen LogP contribution in [0, 0.1) is 26.4 Å². The summed E-state index contributed by atoms with van der Waals surface area (Å²) in [6.45, 7) is 9.87. The van der Waals surface area contributed by atoms with E-state index in [-0.39, 0.29) is 0 Å². The summed E-state index contributed by atoms with van der Waals surface area (Å²) in [7, 11) is 0. The van der Waals surface area contributed by atoms with E-state index >= 15 is 0 Å². The largest absolute Gasteiger partial charge is 0.373 e. The van der Waals surface area contributed by atoms with Gasteiger partial charge in [-0.05, 0) is 49.4 Å². The second kappa shape index (κ2) is 8.75. The van der Waals surface area contributed by atoms with Crippen molar-refractivity contribution in [1.82, 2.24) is 0 Å². The highest BCUT2D eigenvalue weighted by atomic mass is 17.2. The Morgan fingerprint density at radius 1 is 1.25 bits per heavy atom. The van der Waals surface area contributed by atoms with Crippen LogP contribution in [-0.4, -0.2) is 5.97 Å². The third kappa shape index (κ3) is 5.33. The summed E-state index contributed by atoms with van der Waals surface area (Å²) >= 11 is 0. The van der Waals surface area contributed by atoms with Gasteiger partial charge >= 0.3 is 5.97 Å². The third-order valence-corrected chi connectivity index (χ3v) is 3.57. The van der Waals surface area contributed by atoms with Gasteiger partial charge in [0.05, 0.1) is 5.56 Å². The van der Waals surface area contributed by atoms with E-state index in [1.807, 2.05) is 26.0 Å². The van der Waals surface area contributed by atoms with Crippen LogP contribution >= 0.6 is 0 Å². The minimum Gasteiger partial charge on any atom is -0.292 e. The van der Waals surface area contributed by atoms with E-state index in [4.69, 9.17) is 9.78 Å². The van der Waals surface area contributed by atoms with Crippen molar-refractivity contribution in [3.8, 4) is 0 Å². The van der Waals surface area contributed by atoms with Gasteiger partial charge in [-0.3, -0.25) is 4.89 Å². The molecule has 0 fully saturated rings. The zero-order chi connectivity index (χ0) is 15.0. The number of benzene rings is 1. The van der Waals surface area contributed by atoms with Crippen LogP contribution in [0.2, 0.25) is 0 Å². The van der Waals surface area contributed by atoms with Gasteiger partial charge in [-0.15, -0.1) is 0 Å². The molecule has 0 saturated carbocycles. The first-order chi connectivity index (χ1) is 9.58. The average Bonchev–Trinajstić information content (AvgIpc) is 2.45. The van der Waals surface area contributed by atoms with Gasteiger partial charge < -0.3 is 0 Å². The minimum atomic E-state index is -0.449. The zero-order valence-corrected chi connectivity index (χ0v) is 12.9. The van der Waals surface area contributed by atoms with Gasteiger partial charge in [0.2, 0.25) is 0 Å². The summed E-state index contributed by atoms with van der Waals surface area (Å²) in [5.74, 6) is -0.114. The van der Waals surface area contributed by atoms with E-state index in [0.29, 0.717) is 11.5 Å². The van der Waals surface area contributed by atoms with Crippen molar-refractivity contribution >= 4 is 5.97 Å². The Hall–Kier alpha value is -1.35. The van der Waals surface area contributed by atoms with Crippen molar-refractivity contribution < 1.29 is 14.6 Å². The van der Waals surface area contributed by atoms with Crippen molar-refractivity contribution in [2.45, 2.75) is 53.4 Å². The summed E-state index contributed by atoms with van der Waals surface area (Å²) in [4.78, 5) is 21.7. The van der Waals surface area contributed by atoms with Gasteiger partial charge in [0.25, 0.3) is 0 Å². The normalized spacial score (nSPS) is 12.2. The average molecular weight is 277 g/mol. The molecule has 0 N–H and O–H groups in total. The number of carbonyl (C=O) groups is 1. The molecule has 3 nitrogen and oxygen atoms in total. The summed E-state index contributed by atoms with van der Waals surface area (Å²) in [5, 5.41) is 0. The van der Waals surface area contributed by atoms with Gasteiger partial charge in [0, 0.05) is 0 Å². The molecule has 1 aromatic rings. The molecule has 20 heavy (non-hydrogen) atoms. The van der Waals surface area contributed by atoms with Crippen LogP contribution in [0.5, 0.6) is 0 Å². The Kier molecular flexibility index (Phi) is 7.31. The molecule has 111 valence electrons. The highest BCUT2D eigenvalue weighted by Crippen LogP contribution is 2.17. The van der Waals surface area contributed by atoms with Gasteiger partial charge in [0.15, 0.2) is 0 Å². The van der Waals surface area contributed by atoms with Crippen molar-refractivity contribution in [2.75, 3.05) is 0 Å². The first-order valence-electron chi connectivity index (χ1n) is 7.36. The Morgan fingerprint density at radius 3 is 2.60 bits per heavy atom. The summed E-state index contributed by atoms with van der Waals surface area (Å²) in [6, 6.07) is 5.48. The molecule has 0 saturated heterocycles. The highest BCUT2D eigenvalue weighted by Gasteiger charge is 2.12. The topological polar surface area (TPSA) is 35.5 Å². The molecule has 0 bridgehead atoms. The minimum absolute atomic E-state index is 0.336. The Balaban J connectivity index is 2.40. The number of hydrogen-bond acceptors (Lipinski definition) is 3. The summed E-state index contributed by atoms with van der Waals surface area (Å²) < 4.78 is 0. The number of aryl methyl sites for hydroxylation is 2. The molecule has 0 spiro atoms. The molecule has 0 amide bonds. The molecular formula is C17H25O3. The Labute approximate surface area is 122 Å². The van der Waals surface area contributed by atoms with Crippen molar-refractivity contribution in [2.24, 2.45) is 5.92 Å². The number of hydrogen-bond donors (Lipinski definition) is 0. The maximum absolute atomic E-state index is 11.8. The highest BCUT2D eigenvalue weighted by molar-refractivity contribution is 5.89. The van der Waals surface area contributed by atoms with Gasteiger partial charge in [-0.2, -0.15) is 4.89 Å². The molecule has 1 atom stereocenters. The Bertz CT molecular complexity index is 426. The first kappa shape index (κ1) is 16.7. The van der Waals surface area contributed by atoms with E-state index in [9.17, 15) is 4.79 Å². The van der Waals surface area contributed by atoms with Crippen LogP contribution in [-0.2, 0) is 9.78 Å². The summed E-state index contributed by atoms with van der Waals surface area (Å²) in [6.07, 6.45) is 4.37. The van der Waals surface area contributed by atoms with Crippen LogP contribution in [0.3, 0.4) is 0 Å². The maximum Gasteiger partial charge on any atom is 0.373 e. The van der Waals surface area contributed by atoms with Crippen LogP contribution in [0.1, 0.15) is 61.0 Å². The SMILES string of the molecule is CCCCC([CH]OOC(=O)c1ccc(C)c(C)c1)CC. The van der Waals surface area contributed by atoms with Crippen LogP contribution in [0.4, 0.5) is 0 Å². The lowest BCUT2D eigenvalue weighted by molar-refractivity contribution is -0.219. The standard InChI is InChI=1S/C17H25O3/c1-5-7-8-15(6-2)12-19-20-17(18)16-10-9-13(3)14(4)11-16/h9-12,15H,5-8H2,1-4H3. The first-order valence-corrected chi connectivity index (χ1v) is 7.36. The van der Waals surface area contributed by atoms with Crippen LogP contribution in [0.25, 0.3) is 0 Å². The molecule has 3 heteroatoms. The maximum atomic E-state index is 11.8. The van der Waals surface area contributed by atoms with E-state index in [0.717, 1.165) is 36.8 Å². The second-order valence-corrected chi connectivity index (χ2v) is 5.21. The van der Waals surface area contributed by atoms with E-state index in [1.54, 1.807) is 12.7 Å². The molecule has 1 aromatic carbocycles.